The molecule has 6 heteroatoms. The summed E-state index contributed by atoms with van der Waals surface area (Å²) in [6.07, 6.45) is 1.71. The van der Waals surface area contributed by atoms with E-state index in [-0.39, 0.29) is 23.6 Å². The van der Waals surface area contributed by atoms with Gasteiger partial charge in [0.25, 0.3) is 5.91 Å². The van der Waals surface area contributed by atoms with Gasteiger partial charge >= 0.3 is 0 Å². The van der Waals surface area contributed by atoms with Crippen molar-refractivity contribution in [3.8, 4) is 5.75 Å². The fraction of sp³-hybridized carbons (Fsp3) is 0.467. The minimum absolute atomic E-state index is 0.0180. The van der Waals surface area contributed by atoms with E-state index < -0.39 is 0 Å². The summed E-state index contributed by atoms with van der Waals surface area (Å²) in [5.74, 6) is -0.324. The molecule has 0 spiro atoms. The fourth-order valence-electron chi connectivity index (χ4n) is 2.63. The number of rotatable bonds is 2. The molecule has 2 N–H and O–H groups in total. The zero-order chi connectivity index (χ0) is 15.6. The van der Waals surface area contributed by atoms with Crippen molar-refractivity contribution in [3.63, 3.8) is 0 Å². The molecule has 1 heterocycles. The highest BCUT2D eigenvalue weighted by molar-refractivity contribution is 9.10. The average molecular weight is 355 g/mol. The van der Waals surface area contributed by atoms with Gasteiger partial charge in [-0.2, -0.15) is 0 Å². The van der Waals surface area contributed by atoms with Gasteiger partial charge in [-0.05, 0) is 53.4 Å². The third-order valence-corrected chi connectivity index (χ3v) is 4.16. The zero-order valence-corrected chi connectivity index (χ0v) is 13.7. The molecular weight excluding hydrogens is 336 g/mol. The SMILES string of the molecule is CC(=O)NC1CCCN(C(=O)c2cc(C)cc(Br)c2O)C1. The third-order valence-electron chi connectivity index (χ3n) is 3.55. The number of carbonyl (C=O) groups is 2. The number of carbonyl (C=O) groups excluding carboxylic acids is 2. The molecule has 1 aromatic carbocycles. The van der Waals surface area contributed by atoms with Crippen LogP contribution < -0.4 is 5.32 Å². The van der Waals surface area contributed by atoms with E-state index >= 15 is 0 Å². The maximum Gasteiger partial charge on any atom is 0.257 e. The van der Waals surface area contributed by atoms with Crippen molar-refractivity contribution in [2.24, 2.45) is 0 Å². The first-order valence-electron chi connectivity index (χ1n) is 6.94. The molecule has 1 saturated heterocycles. The first-order valence-corrected chi connectivity index (χ1v) is 7.73. The number of hydrogen-bond acceptors (Lipinski definition) is 3. The van der Waals surface area contributed by atoms with Crippen molar-refractivity contribution in [3.05, 3.63) is 27.7 Å². The molecule has 0 bridgehead atoms. The Hall–Kier alpha value is -1.56. The lowest BCUT2D eigenvalue weighted by atomic mass is 10.0. The molecule has 1 atom stereocenters. The second kappa shape index (κ2) is 6.47. The van der Waals surface area contributed by atoms with Crippen LogP contribution in [-0.2, 0) is 4.79 Å². The molecule has 114 valence electrons. The standard InChI is InChI=1S/C15H19BrN2O3/c1-9-6-12(14(20)13(16)7-9)15(21)18-5-3-4-11(8-18)17-10(2)19/h6-7,11,20H,3-5,8H2,1-2H3,(H,17,19). The van der Waals surface area contributed by atoms with Crippen LogP contribution in [0.3, 0.4) is 0 Å². The molecule has 1 aliphatic heterocycles. The Morgan fingerprint density at radius 2 is 2.14 bits per heavy atom. The predicted octanol–water partition coefficient (Wildman–Crippen LogP) is 2.20. The van der Waals surface area contributed by atoms with Crippen LogP contribution in [-0.4, -0.2) is 41.0 Å². The number of aromatic hydroxyl groups is 1. The molecule has 21 heavy (non-hydrogen) atoms. The molecule has 0 saturated carbocycles. The van der Waals surface area contributed by atoms with Crippen molar-refractivity contribution in [1.29, 1.82) is 0 Å². The van der Waals surface area contributed by atoms with E-state index in [2.05, 4.69) is 21.2 Å². The Morgan fingerprint density at radius 3 is 2.81 bits per heavy atom. The van der Waals surface area contributed by atoms with E-state index in [1.54, 1.807) is 17.0 Å². The van der Waals surface area contributed by atoms with Crippen LogP contribution in [0.25, 0.3) is 0 Å². The second-order valence-corrected chi connectivity index (χ2v) is 6.29. The van der Waals surface area contributed by atoms with Crippen molar-refractivity contribution < 1.29 is 14.7 Å². The molecule has 1 fully saturated rings. The van der Waals surface area contributed by atoms with Gasteiger partial charge in [-0.1, -0.05) is 0 Å². The van der Waals surface area contributed by atoms with Crippen LogP contribution in [0.5, 0.6) is 5.75 Å². The first kappa shape index (κ1) is 15.8. The van der Waals surface area contributed by atoms with E-state index in [4.69, 9.17) is 0 Å². The molecule has 5 nitrogen and oxygen atoms in total. The largest absolute Gasteiger partial charge is 0.506 e. The van der Waals surface area contributed by atoms with Gasteiger partial charge in [0.2, 0.25) is 5.91 Å². The Balaban J connectivity index is 2.18. The molecule has 2 amide bonds. The lowest BCUT2D eigenvalue weighted by Gasteiger charge is -2.33. The molecule has 0 radical (unpaired) electrons. The number of benzene rings is 1. The highest BCUT2D eigenvalue weighted by Crippen LogP contribution is 2.30. The maximum atomic E-state index is 12.6. The Morgan fingerprint density at radius 1 is 1.43 bits per heavy atom. The van der Waals surface area contributed by atoms with E-state index in [0.717, 1.165) is 18.4 Å². The first-order chi connectivity index (χ1) is 9.88. The van der Waals surface area contributed by atoms with Gasteiger partial charge in [0, 0.05) is 26.1 Å². The lowest BCUT2D eigenvalue weighted by molar-refractivity contribution is -0.120. The number of piperidine rings is 1. The smallest absolute Gasteiger partial charge is 0.257 e. The van der Waals surface area contributed by atoms with Gasteiger partial charge in [-0.25, -0.2) is 0 Å². The average Bonchev–Trinajstić information content (AvgIpc) is 2.41. The summed E-state index contributed by atoms with van der Waals surface area (Å²) in [5, 5.41) is 12.9. The number of likely N-dealkylation sites (tertiary alicyclic amines) is 1. The highest BCUT2D eigenvalue weighted by atomic mass is 79.9. The molecule has 0 aliphatic carbocycles. The van der Waals surface area contributed by atoms with Crippen molar-refractivity contribution in [2.75, 3.05) is 13.1 Å². The minimum atomic E-state index is -0.202. The van der Waals surface area contributed by atoms with E-state index in [9.17, 15) is 14.7 Å². The Bertz CT molecular complexity index is 574. The molecule has 0 aromatic heterocycles. The number of phenols is 1. The number of aryl methyl sites for hydroxylation is 1. The van der Waals surface area contributed by atoms with Crippen molar-refractivity contribution in [2.45, 2.75) is 32.7 Å². The summed E-state index contributed by atoms with van der Waals surface area (Å²) in [6, 6.07) is 3.43. The Labute approximate surface area is 132 Å². The summed E-state index contributed by atoms with van der Waals surface area (Å²) in [4.78, 5) is 25.4. The van der Waals surface area contributed by atoms with Crippen molar-refractivity contribution in [1.82, 2.24) is 10.2 Å². The normalized spacial score (nSPS) is 18.4. The number of amides is 2. The van der Waals surface area contributed by atoms with Crippen LogP contribution in [0.15, 0.2) is 16.6 Å². The maximum absolute atomic E-state index is 12.6. The molecule has 1 unspecified atom stereocenters. The number of halogens is 1. The number of nitrogens with zero attached hydrogens (tertiary/aromatic N) is 1. The van der Waals surface area contributed by atoms with E-state index in [1.165, 1.54) is 6.92 Å². The molecule has 1 aromatic rings. The van der Waals surface area contributed by atoms with Gasteiger partial charge < -0.3 is 15.3 Å². The monoisotopic (exact) mass is 354 g/mol. The van der Waals surface area contributed by atoms with Crippen LogP contribution in [0, 0.1) is 6.92 Å². The lowest BCUT2D eigenvalue weighted by Crippen LogP contribution is -2.49. The number of phenolic OH excluding ortho intramolecular Hbond substituents is 1. The fourth-order valence-corrected chi connectivity index (χ4v) is 3.21. The predicted molar refractivity (Wildman–Crippen MR) is 83.3 cm³/mol. The third kappa shape index (κ3) is 3.75. The van der Waals surface area contributed by atoms with E-state index in [0.29, 0.717) is 23.1 Å². The van der Waals surface area contributed by atoms with E-state index in [1.807, 2.05) is 6.92 Å². The molecular formula is C15H19BrN2O3. The summed E-state index contributed by atoms with van der Waals surface area (Å²) >= 11 is 3.26. The van der Waals surface area contributed by atoms with Gasteiger partial charge in [0.05, 0.1) is 10.0 Å². The summed E-state index contributed by atoms with van der Waals surface area (Å²) in [5.41, 5.74) is 1.20. The molecule has 2 rings (SSSR count). The highest BCUT2D eigenvalue weighted by Gasteiger charge is 2.27. The zero-order valence-electron chi connectivity index (χ0n) is 12.1. The topological polar surface area (TPSA) is 69.6 Å². The van der Waals surface area contributed by atoms with Crippen LogP contribution >= 0.6 is 15.9 Å². The Kier molecular flexibility index (Phi) is 4.88. The van der Waals surface area contributed by atoms with Crippen molar-refractivity contribution >= 4 is 27.7 Å². The van der Waals surface area contributed by atoms with Crippen LogP contribution in [0.4, 0.5) is 0 Å². The van der Waals surface area contributed by atoms with Gasteiger partial charge in [-0.15, -0.1) is 0 Å². The number of nitrogens with one attached hydrogen (secondary N) is 1. The van der Waals surface area contributed by atoms with Gasteiger partial charge in [-0.3, -0.25) is 9.59 Å². The second-order valence-electron chi connectivity index (χ2n) is 5.43. The minimum Gasteiger partial charge on any atom is -0.506 e. The van der Waals surface area contributed by atoms with Gasteiger partial charge in [0.15, 0.2) is 0 Å². The van der Waals surface area contributed by atoms with Crippen LogP contribution in [0.2, 0.25) is 0 Å². The summed E-state index contributed by atoms with van der Waals surface area (Å²) < 4.78 is 0.515. The molecule has 1 aliphatic rings. The summed E-state index contributed by atoms with van der Waals surface area (Å²) in [6.45, 7) is 4.46. The van der Waals surface area contributed by atoms with Gasteiger partial charge in [0.1, 0.15) is 5.75 Å². The van der Waals surface area contributed by atoms with Crippen LogP contribution in [0.1, 0.15) is 35.7 Å². The summed E-state index contributed by atoms with van der Waals surface area (Å²) in [7, 11) is 0. The quantitative estimate of drug-likeness (QED) is 0.855. The number of hydrogen-bond donors (Lipinski definition) is 2.